The predicted molar refractivity (Wildman–Crippen MR) is 104 cm³/mol. The molecule has 1 aliphatic rings. The lowest BCUT2D eigenvalue weighted by molar-refractivity contribution is -0.120. The maximum Gasteiger partial charge on any atom is 0.258 e. The van der Waals surface area contributed by atoms with Crippen molar-refractivity contribution in [2.75, 3.05) is 23.3 Å². The number of halogens is 1. The summed E-state index contributed by atoms with van der Waals surface area (Å²) < 4.78 is 25.0. The molecule has 3 heterocycles. The first kappa shape index (κ1) is 19.1. The number of amides is 1. The molecule has 0 bridgehead atoms. The molecule has 1 aliphatic heterocycles. The van der Waals surface area contributed by atoms with Gasteiger partial charge in [-0.25, -0.2) is 4.39 Å². The third-order valence-corrected chi connectivity index (χ3v) is 4.99. The zero-order valence-corrected chi connectivity index (χ0v) is 16.3. The van der Waals surface area contributed by atoms with Gasteiger partial charge in [-0.05, 0) is 38.0 Å². The summed E-state index contributed by atoms with van der Waals surface area (Å²) in [6.07, 6.45) is 2.18. The van der Waals surface area contributed by atoms with Crippen LogP contribution >= 0.6 is 0 Å². The first-order valence-electron chi connectivity index (χ1n) is 9.65. The number of piperidine rings is 1. The molecule has 2 aromatic heterocycles. The van der Waals surface area contributed by atoms with Crippen molar-refractivity contribution in [3.05, 3.63) is 41.7 Å². The van der Waals surface area contributed by atoms with Crippen LogP contribution in [0.4, 0.5) is 15.9 Å². The Kier molecular flexibility index (Phi) is 5.28. The zero-order valence-electron chi connectivity index (χ0n) is 16.3. The summed E-state index contributed by atoms with van der Waals surface area (Å²) in [6, 6.07) is 6.51. The minimum absolute atomic E-state index is 0.141. The van der Waals surface area contributed by atoms with Crippen molar-refractivity contribution in [2.45, 2.75) is 33.1 Å². The summed E-state index contributed by atoms with van der Waals surface area (Å²) in [5.74, 6) is 1.11. The van der Waals surface area contributed by atoms with Crippen LogP contribution in [0.1, 0.15) is 31.4 Å². The van der Waals surface area contributed by atoms with Crippen LogP contribution in [0.5, 0.6) is 0 Å². The van der Waals surface area contributed by atoms with Gasteiger partial charge < -0.3 is 19.3 Å². The fourth-order valence-electron chi connectivity index (χ4n) is 3.47. The number of hydrogen-bond donors (Lipinski definition) is 1. The van der Waals surface area contributed by atoms with E-state index >= 15 is 0 Å². The molecule has 1 saturated heterocycles. The van der Waals surface area contributed by atoms with Crippen LogP contribution in [0.2, 0.25) is 0 Å². The van der Waals surface area contributed by atoms with Crippen molar-refractivity contribution in [1.82, 2.24) is 15.3 Å². The van der Waals surface area contributed by atoms with Gasteiger partial charge in [-0.1, -0.05) is 17.2 Å². The first-order valence-corrected chi connectivity index (χ1v) is 9.65. The molecule has 1 fully saturated rings. The maximum atomic E-state index is 14.8. The highest BCUT2D eigenvalue weighted by Gasteiger charge is 2.28. The second kappa shape index (κ2) is 8.02. The van der Waals surface area contributed by atoms with Crippen molar-refractivity contribution in [3.63, 3.8) is 0 Å². The standard InChI is InChI=1S/C20H22FN5O3/c1-3-17-23-20(29-24-17)13-6-7-16(15(21)10-13)26-8-4-5-14(11-26)19(27)22-18-9-12(2)28-25-18/h6-7,9-10,14H,3-5,8,11H2,1-2H3,(H,22,25,27). The second-order valence-electron chi connectivity index (χ2n) is 7.13. The fraction of sp³-hybridized carbons (Fsp3) is 0.400. The quantitative estimate of drug-likeness (QED) is 0.700. The molecule has 4 rings (SSSR count). The third-order valence-electron chi connectivity index (χ3n) is 4.99. The molecule has 0 aliphatic carbocycles. The van der Waals surface area contributed by atoms with E-state index in [9.17, 15) is 9.18 Å². The molecule has 0 saturated carbocycles. The Bertz CT molecular complexity index is 1020. The van der Waals surface area contributed by atoms with Gasteiger partial charge in [0.25, 0.3) is 5.89 Å². The van der Waals surface area contributed by atoms with Crippen molar-refractivity contribution < 1.29 is 18.2 Å². The van der Waals surface area contributed by atoms with Gasteiger partial charge in [0.05, 0.1) is 11.6 Å². The van der Waals surface area contributed by atoms with Gasteiger partial charge in [-0.2, -0.15) is 4.98 Å². The maximum absolute atomic E-state index is 14.8. The highest BCUT2D eigenvalue weighted by atomic mass is 19.1. The summed E-state index contributed by atoms with van der Waals surface area (Å²) in [5, 5.41) is 10.4. The number of rotatable bonds is 5. The lowest BCUT2D eigenvalue weighted by Gasteiger charge is -2.33. The monoisotopic (exact) mass is 399 g/mol. The first-order chi connectivity index (χ1) is 14.0. The van der Waals surface area contributed by atoms with E-state index in [0.717, 1.165) is 12.8 Å². The number of nitrogens with one attached hydrogen (secondary N) is 1. The average Bonchev–Trinajstić information content (AvgIpc) is 3.37. The summed E-state index contributed by atoms with van der Waals surface area (Å²) in [4.78, 5) is 18.7. The van der Waals surface area contributed by atoms with Gasteiger partial charge in [0.2, 0.25) is 5.91 Å². The van der Waals surface area contributed by atoms with Crippen LogP contribution in [0, 0.1) is 18.7 Å². The zero-order chi connectivity index (χ0) is 20.4. The van der Waals surface area contributed by atoms with E-state index in [-0.39, 0.29) is 17.6 Å². The molecule has 0 spiro atoms. The van der Waals surface area contributed by atoms with Gasteiger partial charge >= 0.3 is 0 Å². The minimum Gasteiger partial charge on any atom is -0.368 e. The highest BCUT2D eigenvalue weighted by Crippen LogP contribution is 2.29. The molecule has 1 unspecified atom stereocenters. The van der Waals surface area contributed by atoms with Crippen LogP contribution in [0.3, 0.4) is 0 Å². The molecular weight excluding hydrogens is 377 g/mol. The number of nitrogens with zero attached hydrogens (tertiary/aromatic N) is 4. The number of aryl methyl sites for hydroxylation is 2. The molecule has 9 heteroatoms. The van der Waals surface area contributed by atoms with E-state index in [1.807, 2.05) is 11.8 Å². The van der Waals surface area contributed by atoms with Gasteiger partial charge in [0.15, 0.2) is 11.6 Å². The molecular formula is C20H22FN5O3. The molecule has 0 radical (unpaired) electrons. The molecule has 3 aromatic rings. The van der Waals surface area contributed by atoms with Gasteiger partial charge in [0.1, 0.15) is 11.6 Å². The van der Waals surface area contributed by atoms with Crippen LogP contribution in [-0.2, 0) is 11.2 Å². The Hall–Kier alpha value is -3.23. The van der Waals surface area contributed by atoms with Gasteiger partial charge in [-0.3, -0.25) is 4.79 Å². The minimum atomic E-state index is -0.382. The molecule has 1 atom stereocenters. The average molecular weight is 399 g/mol. The number of carbonyl (C=O) groups is 1. The highest BCUT2D eigenvalue weighted by molar-refractivity contribution is 5.92. The molecule has 8 nitrogen and oxygen atoms in total. The smallest absolute Gasteiger partial charge is 0.258 e. The normalized spacial score (nSPS) is 16.8. The van der Waals surface area contributed by atoms with Crippen molar-refractivity contribution >= 4 is 17.4 Å². The lowest BCUT2D eigenvalue weighted by Crippen LogP contribution is -2.41. The molecule has 1 N–H and O–H groups in total. The second-order valence-corrected chi connectivity index (χ2v) is 7.13. The van der Waals surface area contributed by atoms with E-state index in [1.165, 1.54) is 6.07 Å². The summed E-state index contributed by atoms with van der Waals surface area (Å²) in [6.45, 7) is 4.79. The third kappa shape index (κ3) is 4.13. The Balaban J connectivity index is 1.46. The van der Waals surface area contributed by atoms with Crippen molar-refractivity contribution in [1.29, 1.82) is 0 Å². The van der Waals surface area contributed by atoms with Gasteiger partial charge in [0, 0.05) is 31.1 Å². The number of aromatic nitrogens is 3. The summed E-state index contributed by atoms with van der Waals surface area (Å²) in [7, 11) is 0. The predicted octanol–water partition coefficient (Wildman–Crippen LogP) is 3.59. The van der Waals surface area contributed by atoms with Gasteiger partial charge in [-0.15, -0.1) is 0 Å². The molecule has 1 aromatic carbocycles. The van der Waals surface area contributed by atoms with E-state index in [1.54, 1.807) is 25.1 Å². The largest absolute Gasteiger partial charge is 0.368 e. The van der Waals surface area contributed by atoms with Crippen LogP contribution in [0.15, 0.2) is 33.3 Å². The summed E-state index contributed by atoms with van der Waals surface area (Å²) in [5.41, 5.74) is 0.991. The Morgan fingerprint density at radius 2 is 2.17 bits per heavy atom. The van der Waals surface area contributed by atoms with Crippen molar-refractivity contribution in [3.8, 4) is 11.5 Å². The Morgan fingerprint density at radius 3 is 2.86 bits per heavy atom. The molecule has 29 heavy (non-hydrogen) atoms. The molecule has 1 amide bonds. The van der Waals surface area contributed by atoms with Crippen LogP contribution < -0.4 is 10.2 Å². The number of hydrogen-bond acceptors (Lipinski definition) is 7. The van der Waals surface area contributed by atoms with Crippen molar-refractivity contribution in [2.24, 2.45) is 5.92 Å². The SMILES string of the molecule is CCc1noc(-c2ccc(N3CCCC(C(=O)Nc4cc(C)on4)C3)c(F)c2)n1. The topological polar surface area (TPSA) is 97.3 Å². The molecule has 152 valence electrons. The van der Waals surface area contributed by atoms with E-state index < -0.39 is 0 Å². The van der Waals surface area contributed by atoms with Crippen LogP contribution in [0.25, 0.3) is 11.5 Å². The summed E-state index contributed by atoms with van der Waals surface area (Å²) >= 11 is 0. The lowest BCUT2D eigenvalue weighted by atomic mass is 9.96. The Morgan fingerprint density at radius 1 is 1.31 bits per heavy atom. The van der Waals surface area contributed by atoms with E-state index in [4.69, 9.17) is 9.05 Å². The number of anilines is 2. The number of carbonyl (C=O) groups excluding carboxylic acids is 1. The fourth-order valence-corrected chi connectivity index (χ4v) is 3.47. The Labute approximate surface area is 167 Å². The number of benzene rings is 1. The van der Waals surface area contributed by atoms with Crippen LogP contribution in [-0.4, -0.2) is 34.3 Å². The van der Waals surface area contributed by atoms with E-state index in [2.05, 4.69) is 20.6 Å². The van der Waals surface area contributed by atoms with E-state index in [0.29, 0.717) is 54.1 Å².